The first-order chi connectivity index (χ1) is 5.39. The number of aliphatic imine (C=N–C) groups is 1. The molecule has 2 heterocycles. The summed E-state index contributed by atoms with van der Waals surface area (Å²) >= 11 is 0. The molecule has 1 radical (unpaired) electrons. The van der Waals surface area contributed by atoms with Gasteiger partial charge in [-0.1, -0.05) is 6.42 Å². The second-order valence-electron chi connectivity index (χ2n) is 2.43. The topological polar surface area (TPSA) is 27.6 Å². The van der Waals surface area contributed by atoms with E-state index >= 15 is 0 Å². The van der Waals surface area contributed by atoms with E-state index in [0.717, 1.165) is 26.2 Å². The Balaban J connectivity index is 0.000000189. The molecule has 0 amide bonds. The molecule has 2 rings (SSSR count). The normalized spacial score (nSPS) is 20.1. The maximum atomic E-state index is 3.71. The van der Waals surface area contributed by atoms with Gasteiger partial charge in [0.05, 0.1) is 0 Å². The van der Waals surface area contributed by atoms with Gasteiger partial charge in [-0.05, 0) is 6.54 Å². The van der Waals surface area contributed by atoms with Gasteiger partial charge in [0.15, 0.2) is 0 Å². The van der Waals surface area contributed by atoms with Crippen molar-refractivity contribution in [2.75, 3.05) is 19.8 Å². The van der Waals surface area contributed by atoms with Gasteiger partial charge < -0.3 is 15.2 Å². The molecule has 1 fully saturated rings. The van der Waals surface area contributed by atoms with E-state index in [1.54, 1.807) is 6.20 Å². The number of hydrogen-bond donors (Lipinski definition) is 1. The van der Waals surface area contributed by atoms with Crippen molar-refractivity contribution in [3.8, 4) is 0 Å². The minimum absolute atomic E-state index is 0. The van der Waals surface area contributed by atoms with Crippen molar-refractivity contribution in [2.24, 2.45) is 4.99 Å². The average Bonchev–Trinajstić information content (AvgIpc) is 2.57. The van der Waals surface area contributed by atoms with Crippen LogP contribution in [0.2, 0.25) is 0 Å². The predicted octanol–water partition coefficient (Wildman–Crippen LogP) is 0.490. The van der Waals surface area contributed by atoms with Crippen molar-refractivity contribution in [3.63, 3.8) is 0 Å². The summed E-state index contributed by atoms with van der Waals surface area (Å²) in [4.78, 5) is 5.65. The average molecular weight is 240 g/mol. The number of nitrogens with one attached hydrogen (secondary N) is 1. The van der Waals surface area contributed by atoms with Gasteiger partial charge in [0.1, 0.15) is 0 Å². The molecule has 0 aromatic heterocycles. The molecule has 0 saturated carbocycles. The largest absolute Gasteiger partial charge is 0.463 e. The van der Waals surface area contributed by atoms with E-state index in [1.165, 1.54) is 0 Å². The molecule has 4 heteroatoms. The molecule has 0 aromatic rings. The minimum Gasteiger partial charge on any atom is -0.463 e. The van der Waals surface area contributed by atoms with Crippen LogP contribution in [0.25, 0.3) is 0 Å². The Morgan fingerprint density at radius 2 is 2.42 bits per heavy atom. The number of nitrogens with zero attached hydrogens (tertiary/aromatic N) is 2. The first-order valence-electron chi connectivity index (χ1n) is 3.73. The molecular formula is C8H13N3Y-2. The van der Waals surface area contributed by atoms with Crippen LogP contribution in [0.1, 0.15) is 6.42 Å². The van der Waals surface area contributed by atoms with Crippen LogP contribution in [0.3, 0.4) is 0 Å². The molecule has 0 bridgehead atoms. The van der Waals surface area contributed by atoms with E-state index in [4.69, 9.17) is 0 Å². The zero-order valence-corrected chi connectivity index (χ0v) is 10.0. The van der Waals surface area contributed by atoms with Crippen LogP contribution < -0.4 is 5.32 Å². The third-order valence-corrected chi connectivity index (χ3v) is 1.42. The van der Waals surface area contributed by atoms with E-state index in [-0.39, 0.29) is 32.7 Å². The number of hydrogen-bond acceptors (Lipinski definition) is 3. The summed E-state index contributed by atoms with van der Waals surface area (Å²) in [6, 6.07) is 0. The van der Waals surface area contributed by atoms with Crippen LogP contribution in [0.5, 0.6) is 0 Å². The molecular weight excluding hydrogens is 227 g/mol. The molecule has 0 spiro atoms. The van der Waals surface area contributed by atoms with Gasteiger partial charge in [-0.15, -0.1) is 6.20 Å². The first kappa shape index (κ1) is 12.4. The van der Waals surface area contributed by atoms with E-state index in [2.05, 4.69) is 23.6 Å². The maximum Gasteiger partial charge on any atom is 0.0205 e. The summed E-state index contributed by atoms with van der Waals surface area (Å²) < 4.78 is 0. The van der Waals surface area contributed by atoms with Crippen molar-refractivity contribution in [3.05, 3.63) is 19.3 Å². The van der Waals surface area contributed by atoms with E-state index in [1.807, 2.05) is 11.0 Å². The SMILES string of the molecule is [C-]1=NC=CC1.[CH2-]N1CCNC1.[Y]. The molecule has 1 saturated heterocycles. The summed E-state index contributed by atoms with van der Waals surface area (Å²) in [5, 5.41) is 3.14. The van der Waals surface area contributed by atoms with Gasteiger partial charge in [-0.25, -0.2) is 0 Å². The zero-order chi connectivity index (χ0) is 7.94. The van der Waals surface area contributed by atoms with Crippen LogP contribution in [-0.4, -0.2) is 30.9 Å². The molecule has 0 aromatic carbocycles. The predicted molar refractivity (Wildman–Crippen MR) is 46.1 cm³/mol. The molecule has 2 aliphatic heterocycles. The maximum absolute atomic E-state index is 3.71. The van der Waals surface area contributed by atoms with Crippen LogP contribution in [0, 0.1) is 7.05 Å². The number of rotatable bonds is 0. The monoisotopic (exact) mass is 240 g/mol. The van der Waals surface area contributed by atoms with Gasteiger partial charge in [0.2, 0.25) is 0 Å². The van der Waals surface area contributed by atoms with Gasteiger partial charge in [0, 0.05) is 45.9 Å². The summed E-state index contributed by atoms with van der Waals surface area (Å²) in [5.74, 6) is 0. The molecule has 0 atom stereocenters. The van der Waals surface area contributed by atoms with Crippen LogP contribution in [0.15, 0.2) is 17.3 Å². The minimum atomic E-state index is 0. The Kier molecular flexibility index (Phi) is 8.34. The van der Waals surface area contributed by atoms with Crippen molar-refractivity contribution < 1.29 is 32.7 Å². The molecule has 12 heavy (non-hydrogen) atoms. The van der Waals surface area contributed by atoms with Gasteiger partial charge in [-0.3, -0.25) is 7.05 Å². The third kappa shape index (κ3) is 6.01. The first-order valence-corrected chi connectivity index (χ1v) is 3.73. The fourth-order valence-electron chi connectivity index (χ4n) is 0.817. The Labute approximate surface area is 99.2 Å². The van der Waals surface area contributed by atoms with Crippen LogP contribution in [0.4, 0.5) is 0 Å². The molecule has 0 aliphatic carbocycles. The zero-order valence-electron chi connectivity index (χ0n) is 7.16. The molecule has 2 aliphatic rings. The van der Waals surface area contributed by atoms with Gasteiger partial charge in [0.25, 0.3) is 0 Å². The van der Waals surface area contributed by atoms with Gasteiger partial charge in [-0.2, -0.15) is 12.3 Å². The summed E-state index contributed by atoms with van der Waals surface area (Å²) in [5.41, 5.74) is 0. The Hall–Kier alpha value is 0.434. The van der Waals surface area contributed by atoms with Crippen molar-refractivity contribution in [1.29, 1.82) is 0 Å². The third-order valence-electron chi connectivity index (χ3n) is 1.42. The summed E-state index contributed by atoms with van der Waals surface area (Å²) in [6.45, 7) is 3.16. The molecule has 3 nitrogen and oxygen atoms in total. The van der Waals surface area contributed by atoms with Crippen molar-refractivity contribution >= 4 is 6.21 Å². The van der Waals surface area contributed by atoms with Crippen molar-refractivity contribution in [1.82, 2.24) is 10.2 Å². The summed E-state index contributed by atoms with van der Waals surface area (Å²) in [7, 11) is 3.71. The van der Waals surface area contributed by atoms with Crippen LogP contribution in [-0.2, 0) is 32.7 Å². The Morgan fingerprint density at radius 3 is 2.58 bits per heavy atom. The van der Waals surface area contributed by atoms with Crippen molar-refractivity contribution in [2.45, 2.75) is 6.42 Å². The molecule has 65 valence electrons. The fourth-order valence-corrected chi connectivity index (χ4v) is 0.817. The number of allylic oxidation sites excluding steroid dienone is 1. The molecule has 0 unspecified atom stereocenters. The second-order valence-corrected chi connectivity index (χ2v) is 2.43. The fraction of sp³-hybridized carbons (Fsp3) is 0.500. The second kappa shape index (κ2) is 8.05. The van der Waals surface area contributed by atoms with Gasteiger partial charge >= 0.3 is 0 Å². The standard InChI is InChI=1S/C4H9N2.C4H4N.Y/c1-6-3-2-5-4-6;1-2-4-5-3-1;/h5H,1-4H2;1,3H,2H2;/q2*-1;. The quantitative estimate of drug-likeness (QED) is 0.624. The van der Waals surface area contributed by atoms with E-state index in [9.17, 15) is 0 Å². The van der Waals surface area contributed by atoms with E-state index in [0.29, 0.717) is 0 Å². The Bertz CT molecular complexity index is 140. The summed E-state index contributed by atoms with van der Waals surface area (Å²) in [6.07, 6.45) is 7.35. The van der Waals surface area contributed by atoms with Crippen LogP contribution >= 0.6 is 0 Å². The smallest absolute Gasteiger partial charge is 0.0205 e. The Morgan fingerprint density at radius 1 is 1.58 bits per heavy atom. The molecule has 1 N–H and O–H groups in total. The van der Waals surface area contributed by atoms with E-state index < -0.39 is 0 Å².